The van der Waals surface area contributed by atoms with Crippen LogP contribution in [0.5, 0.6) is 0 Å². The van der Waals surface area contributed by atoms with Gasteiger partial charge in [-0.25, -0.2) is 9.78 Å². The molecule has 3 heterocycles. The predicted octanol–water partition coefficient (Wildman–Crippen LogP) is 2.46. The second-order valence-electron chi connectivity index (χ2n) is 5.50. The summed E-state index contributed by atoms with van der Waals surface area (Å²) in [4.78, 5) is 19.1. The van der Waals surface area contributed by atoms with Gasteiger partial charge in [0, 0.05) is 24.2 Å². The maximum Gasteiger partial charge on any atom is 0.357 e. The molecule has 0 aromatic carbocycles. The Labute approximate surface area is 130 Å². The third-order valence-electron chi connectivity index (χ3n) is 4.33. The van der Waals surface area contributed by atoms with E-state index in [9.17, 15) is 4.79 Å². The molecule has 6 heteroatoms. The molecule has 0 saturated heterocycles. The fourth-order valence-electron chi connectivity index (χ4n) is 3.28. The van der Waals surface area contributed by atoms with Crippen molar-refractivity contribution in [1.29, 1.82) is 0 Å². The fraction of sp³-hybridized carbons (Fsp3) is 0.562. The Kier molecular flexibility index (Phi) is 4.00. The number of anilines is 1. The molecule has 2 aromatic rings. The summed E-state index contributed by atoms with van der Waals surface area (Å²) < 4.78 is 7.03. The van der Waals surface area contributed by atoms with E-state index >= 15 is 0 Å². The highest BCUT2D eigenvalue weighted by Gasteiger charge is 2.32. The van der Waals surface area contributed by atoms with Crippen LogP contribution in [-0.4, -0.2) is 39.8 Å². The zero-order valence-electron chi connectivity index (χ0n) is 13.4. The maximum absolute atomic E-state index is 12.3. The van der Waals surface area contributed by atoms with Gasteiger partial charge in [-0.15, -0.1) is 0 Å². The van der Waals surface area contributed by atoms with Gasteiger partial charge in [0.1, 0.15) is 5.82 Å². The van der Waals surface area contributed by atoms with Crippen molar-refractivity contribution in [2.45, 2.75) is 46.1 Å². The Bertz CT molecular complexity index is 691. The second kappa shape index (κ2) is 5.94. The Hall–Kier alpha value is -2.11. The monoisotopic (exact) mass is 302 g/mol. The van der Waals surface area contributed by atoms with Crippen LogP contribution in [-0.2, 0) is 11.2 Å². The summed E-state index contributed by atoms with van der Waals surface area (Å²) in [6.07, 6.45) is 4.66. The number of rotatable bonds is 5. The molecule has 0 unspecified atom stereocenters. The molecular weight excluding hydrogens is 280 g/mol. The van der Waals surface area contributed by atoms with E-state index in [2.05, 4.69) is 28.8 Å². The lowest BCUT2D eigenvalue weighted by atomic mass is 10.1. The largest absolute Gasteiger partial charge is 0.461 e. The summed E-state index contributed by atoms with van der Waals surface area (Å²) >= 11 is 0. The summed E-state index contributed by atoms with van der Waals surface area (Å²) in [6, 6.07) is 2.28. The van der Waals surface area contributed by atoms with Crippen molar-refractivity contribution in [3.8, 4) is 0 Å². The summed E-state index contributed by atoms with van der Waals surface area (Å²) in [6.45, 7) is 7.45. The molecule has 0 fully saturated rings. The number of nitrogens with zero attached hydrogens (tertiary/aromatic N) is 4. The Morgan fingerprint density at radius 1 is 1.36 bits per heavy atom. The van der Waals surface area contributed by atoms with Crippen LogP contribution in [0.25, 0.3) is 5.65 Å². The Balaban J connectivity index is 2.16. The quantitative estimate of drug-likeness (QED) is 0.794. The van der Waals surface area contributed by atoms with Gasteiger partial charge in [0.05, 0.1) is 12.8 Å². The van der Waals surface area contributed by atoms with Crippen LogP contribution in [0.2, 0.25) is 0 Å². The van der Waals surface area contributed by atoms with E-state index in [1.54, 1.807) is 6.20 Å². The first-order valence-corrected chi connectivity index (χ1v) is 8.01. The molecular formula is C16H22N4O2. The lowest BCUT2D eigenvalue weighted by Crippen LogP contribution is -2.34. The van der Waals surface area contributed by atoms with Crippen LogP contribution in [0.15, 0.2) is 12.3 Å². The van der Waals surface area contributed by atoms with Gasteiger partial charge < -0.3 is 9.64 Å². The van der Waals surface area contributed by atoms with Crippen LogP contribution < -0.4 is 4.90 Å². The number of fused-ring (bicyclic) bond motifs is 3. The van der Waals surface area contributed by atoms with E-state index in [-0.39, 0.29) is 5.97 Å². The van der Waals surface area contributed by atoms with E-state index in [0.717, 1.165) is 37.2 Å². The molecule has 0 bridgehead atoms. The third kappa shape index (κ3) is 2.23. The molecule has 0 N–H and O–H groups in total. The van der Waals surface area contributed by atoms with E-state index in [4.69, 9.17) is 4.74 Å². The van der Waals surface area contributed by atoms with Crippen molar-refractivity contribution in [2.24, 2.45) is 0 Å². The highest BCUT2D eigenvalue weighted by atomic mass is 16.5. The average molecular weight is 302 g/mol. The summed E-state index contributed by atoms with van der Waals surface area (Å²) in [5.74, 6) is 0.667. The van der Waals surface area contributed by atoms with Crippen molar-refractivity contribution < 1.29 is 9.53 Å². The first-order valence-electron chi connectivity index (χ1n) is 8.01. The van der Waals surface area contributed by atoms with Crippen LogP contribution in [0.1, 0.15) is 49.7 Å². The minimum Gasteiger partial charge on any atom is -0.461 e. The molecule has 0 amide bonds. The summed E-state index contributed by atoms with van der Waals surface area (Å²) in [7, 11) is 0. The minimum atomic E-state index is -0.339. The van der Waals surface area contributed by atoms with Gasteiger partial charge in [-0.3, -0.25) is 0 Å². The third-order valence-corrected chi connectivity index (χ3v) is 4.33. The molecule has 22 heavy (non-hydrogen) atoms. The second-order valence-corrected chi connectivity index (χ2v) is 5.50. The smallest absolute Gasteiger partial charge is 0.357 e. The summed E-state index contributed by atoms with van der Waals surface area (Å²) in [5, 5.41) is 4.40. The first-order chi connectivity index (χ1) is 10.7. The van der Waals surface area contributed by atoms with Crippen molar-refractivity contribution in [3.05, 3.63) is 23.5 Å². The topological polar surface area (TPSA) is 59.7 Å². The van der Waals surface area contributed by atoms with Gasteiger partial charge in [0.15, 0.2) is 11.3 Å². The van der Waals surface area contributed by atoms with Crippen LogP contribution >= 0.6 is 0 Å². The molecule has 1 aliphatic heterocycles. The van der Waals surface area contributed by atoms with Gasteiger partial charge in [0.25, 0.3) is 0 Å². The lowest BCUT2D eigenvalue weighted by Gasteiger charge is -2.28. The van der Waals surface area contributed by atoms with E-state index in [1.807, 2.05) is 17.5 Å². The fourth-order valence-corrected chi connectivity index (χ4v) is 3.28. The van der Waals surface area contributed by atoms with Gasteiger partial charge in [-0.2, -0.15) is 9.61 Å². The van der Waals surface area contributed by atoms with Crippen molar-refractivity contribution in [1.82, 2.24) is 14.6 Å². The molecule has 0 saturated carbocycles. The Morgan fingerprint density at radius 3 is 2.82 bits per heavy atom. The van der Waals surface area contributed by atoms with E-state index in [0.29, 0.717) is 24.0 Å². The first kappa shape index (κ1) is 14.8. The SMILES string of the molecule is CCOC(=O)c1nc2ccnn2c2c1CCN2C(CC)CC. The molecule has 0 atom stereocenters. The van der Waals surface area contributed by atoms with E-state index < -0.39 is 0 Å². The number of carbonyl (C=O) groups is 1. The number of hydrogen-bond donors (Lipinski definition) is 0. The molecule has 6 nitrogen and oxygen atoms in total. The van der Waals surface area contributed by atoms with Gasteiger partial charge >= 0.3 is 5.97 Å². The number of carbonyl (C=O) groups excluding carboxylic acids is 1. The van der Waals surface area contributed by atoms with Gasteiger partial charge in [-0.1, -0.05) is 13.8 Å². The normalized spacial score (nSPS) is 13.9. The maximum atomic E-state index is 12.3. The highest BCUT2D eigenvalue weighted by Crippen LogP contribution is 2.33. The number of hydrogen-bond acceptors (Lipinski definition) is 5. The van der Waals surface area contributed by atoms with Crippen molar-refractivity contribution in [2.75, 3.05) is 18.1 Å². The number of aromatic nitrogens is 3. The molecule has 2 aromatic heterocycles. The average Bonchev–Trinajstić information content (AvgIpc) is 3.14. The van der Waals surface area contributed by atoms with Crippen molar-refractivity contribution in [3.63, 3.8) is 0 Å². The molecule has 0 spiro atoms. The Morgan fingerprint density at radius 2 is 2.14 bits per heavy atom. The number of ether oxygens (including phenoxy) is 1. The van der Waals surface area contributed by atoms with E-state index in [1.165, 1.54) is 0 Å². The highest BCUT2D eigenvalue weighted by molar-refractivity contribution is 5.91. The van der Waals surface area contributed by atoms with Crippen LogP contribution in [0, 0.1) is 0 Å². The zero-order chi connectivity index (χ0) is 15.7. The minimum absolute atomic E-state index is 0.339. The van der Waals surface area contributed by atoms with Gasteiger partial charge in [0.2, 0.25) is 0 Å². The molecule has 0 aliphatic carbocycles. The van der Waals surface area contributed by atoms with Gasteiger partial charge in [-0.05, 0) is 26.2 Å². The predicted molar refractivity (Wildman–Crippen MR) is 84.4 cm³/mol. The van der Waals surface area contributed by atoms with Crippen LogP contribution in [0.3, 0.4) is 0 Å². The molecule has 1 aliphatic rings. The van der Waals surface area contributed by atoms with Crippen LogP contribution in [0.4, 0.5) is 5.82 Å². The molecule has 0 radical (unpaired) electrons. The lowest BCUT2D eigenvalue weighted by molar-refractivity contribution is 0.0518. The molecule has 3 rings (SSSR count). The number of esters is 1. The molecule has 118 valence electrons. The van der Waals surface area contributed by atoms with Crippen molar-refractivity contribution >= 4 is 17.4 Å². The standard InChI is InChI=1S/C16H22N4O2/c1-4-11(5-2)19-10-8-12-14(16(21)22-6-3)18-13-7-9-17-20(13)15(12)19/h7,9,11H,4-6,8,10H2,1-3H3. The zero-order valence-corrected chi connectivity index (χ0v) is 13.4. The summed E-state index contributed by atoms with van der Waals surface area (Å²) in [5.41, 5.74) is 2.10.